The molecular formula is C12H17BrFN. The van der Waals surface area contributed by atoms with E-state index in [0.29, 0.717) is 16.6 Å². The average Bonchev–Trinajstić information content (AvgIpc) is 2.10. The lowest BCUT2D eigenvalue weighted by Crippen LogP contribution is -2.37. The van der Waals surface area contributed by atoms with Crippen molar-refractivity contribution in [3.05, 3.63) is 28.5 Å². The van der Waals surface area contributed by atoms with Gasteiger partial charge >= 0.3 is 0 Å². The molecule has 0 aliphatic heterocycles. The van der Waals surface area contributed by atoms with Gasteiger partial charge in [-0.1, -0.05) is 0 Å². The van der Waals surface area contributed by atoms with E-state index in [2.05, 4.69) is 48.5 Å². The third-order valence-corrected chi connectivity index (χ3v) is 2.96. The van der Waals surface area contributed by atoms with Crippen LogP contribution in [0.3, 0.4) is 0 Å². The number of nitrogens with zero attached hydrogens (tertiary/aromatic N) is 1. The quantitative estimate of drug-likeness (QED) is 0.798. The lowest BCUT2D eigenvalue weighted by Gasteiger charge is -2.33. The molecule has 0 aliphatic rings. The van der Waals surface area contributed by atoms with E-state index >= 15 is 0 Å². The zero-order valence-electron chi connectivity index (χ0n) is 9.59. The van der Waals surface area contributed by atoms with E-state index in [1.807, 2.05) is 6.07 Å². The van der Waals surface area contributed by atoms with Crippen LogP contribution in [0.1, 0.15) is 27.7 Å². The van der Waals surface area contributed by atoms with Crippen LogP contribution in [0, 0.1) is 5.82 Å². The number of benzene rings is 1. The molecule has 0 saturated carbocycles. The van der Waals surface area contributed by atoms with Gasteiger partial charge in [0, 0.05) is 17.8 Å². The van der Waals surface area contributed by atoms with Crippen molar-refractivity contribution in [3.63, 3.8) is 0 Å². The van der Waals surface area contributed by atoms with Crippen LogP contribution >= 0.6 is 15.9 Å². The van der Waals surface area contributed by atoms with Gasteiger partial charge in [0.05, 0.1) is 4.47 Å². The zero-order valence-corrected chi connectivity index (χ0v) is 11.2. The van der Waals surface area contributed by atoms with Crippen molar-refractivity contribution >= 4 is 21.6 Å². The Balaban J connectivity index is 3.07. The van der Waals surface area contributed by atoms with Crippen molar-refractivity contribution in [2.45, 2.75) is 39.8 Å². The van der Waals surface area contributed by atoms with Gasteiger partial charge in [0.1, 0.15) is 5.82 Å². The summed E-state index contributed by atoms with van der Waals surface area (Å²) in [7, 11) is 0. The lowest BCUT2D eigenvalue weighted by molar-refractivity contribution is 0.595. The molecule has 1 aromatic carbocycles. The number of halogens is 2. The van der Waals surface area contributed by atoms with Crippen LogP contribution in [-0.4, -0.2) is 12.1 Å². The molecule has 0 atom stereocenters. The van der Waals surface area contributed by atoms with Crippen LogP contribution < -0.4 is 4.90 Å². The van der Waals surface area contributed by atoms with Gasteiger partial charge in [-0.15, -0.1) is 0 Å². The van der Waals surface area contributed by atoms with E-state index in [4.69, 9.17) is 0 Å². The predicted octanol–water partition coefficient (Wildman–Crippen LogP) is 4.21. The molecule has 0 spiro atoms. The van der Waals surface area contributed by atoms with Crippen molar-refractivity contribution in [2.75, 3.05) is 4.90 Å². The fourth-order valence-corrected chi connectivity index (χ4v) is 2.08. The summed E-state index contributed by atoms with van der Waals surface area (Å²) in [6, 6.07) is 6.00. The maximum Gasteiger partial charge on any atom is 0.139 e. The molecule has 0 heterocycles. The summed E-state index contributed by atoms with van der Waals surface area (Å²) >= 11 is 3.16. The SMILES string of the molecule is CC(C)N(c1ccc(Br)c(F)c1)C(C)C. The summed E-state index contributed by atoms with van der Waals surface area (Å²) in [5.74, 6) is -0.209. The largest absolute Gasteiger partial charge is 0.367 e. The van der Waals surface area contributed by atoms with Crippen LogP contribution in [0.25, 0.3) is 0 Å². The van der Waals surface area contributed by atoms with Gasteiger partial charge in [0.2, 0.25) is 0 Å². The standard InChI is InChI=1S/C12H17BrFN/c1-8(2)15(9(3)4)10-5-6-11(13)12(14)7-10/h5-9H,1-4H3. The van der Waals surface area contributed by atoms with Crippen molar-refractivity contribution in [2.24, 2.45) is 0 Å². The monoisotopic (exact) mass is 273 g/mol. The molecule has 84 valence electrons. The highest BCUT2D eigenvalue weighted by atomic mass is 79.9. The molecule has 3 heteroatoms. The summed E-state index contributed by atoms with van der Waals surface area (Å²) in [6.45, 7) is 8.44. The first-order valence-corrected chi connectivity index (χ1v) is 5.96. The van der Waals surface area contributed by atoms with Crippen LogP contribution in [0.2, 0.25) is 0 Å². The average molecular weight is 274 g/mol. The van der Waals surface area contributed by atoms with Gasteiger partial charge < -0.3 is 4.90 Å². The summed E-state index contributed by atoms with van der Waals surface area (Å²) in [5.41, 5.74) is 0.931. The van der Waals surface area contributed by atoms with Crippen LogP contribution in [0.5, 0.6) is 0 Å². The van der Waals surface area contributed by atoms with Gasteiger partial charge in [0.15, 0.2) is 0 Å². The lowest BCUT2D eigenvalue weighted by atomic mass is 10.2. The Morgan fingerprint density at radius 1 is 1.13 bits per heavy atom. The first-order chi connectivity index (χ1) is 6.93. The molecule has 0 bridgehead atoms. The molecule has 0 fully saturated rings. The van der Waals surface area contributed by atoms with Gasteiger partial charge in [-0.2, -0.15) is 0 Å². The van der Waals surface area contributed by atoms with Gasteiger partial charge in [-0.05, 0) is 61.8 Å². The molecule has 1 rings (SSSR count). The fourth-order valence-electron chi connectivity index (χ4n) is 1.84. The second-order valence-corrected chi connectivity index (χ2v) is 5.05. The molecular weight excluding hydrogens is 257 g/mol. The first kappa shape index (κ1) is 12.5. The first-order valence-electron chi connectivity index (χ1n) is 5.17. The molecule has 1 aromatic rings. The molecule has 0 unspecified atom stereocenters. The van der Waals surface area contributed by atoms with Crippen LogP contribution in [-0.2, 0) is 0 Å². The zero-order chi connectivity index (χ0) is 11.6. The smallest absolute Gasteiger partial charge is 0.139 e. The van der Waals surface area contributed by atoms with Crippen LogP contribution in [0.15, 0.2) is 22.7 Å². The van der Waals surface area contributed by atoms with Gasteiger partial charge in [-0.3, -0.25) is 0 Å². The van der Waals surface area contributed by atoms with Crippen molar-refractivity contribution in [1.82, 2.24) is 0 Å². The van der Waals surface area contributed by atoms with Crippen molar-refractivity contribution in [3.8, 4) is 0 Å². The molecule has 0 aromatic heterocycles. The van der Waals surface area contributed by atoms with E-state index in [1.54, 1.807) is 12.1 Å². The van der Waals surface area contributed by atoms with Gasteiger partial charge in [-0.25, -0.2) is 4.39 Å². The Morgan fingerprint density at radius 3 is 2.07 bits per heavy atom. The summed E-state index contributed by atoms with van der Waals surface area (Å²) < 4.78 is 13.9. The Labute approximate surface area is 99.4 Å². The summed E-state index contributed by atoms with van der Waals surface area (Å²) in [4.78, 5) is 2.19. The van der Waals surface area contributed by atoms with E-state index in [1.165, 1.54) is 0 Å². The van der Waals surface area contributed by atoms with E-state index < -0.39 is 0 Å². The van der Waals surface area contributed by atoms with E-state index in [-0.39, 0.29) is 5.82 Å². The third-order valence-electron chi connectivity index (χ3n) is 2.31. The van der Waals surface area contributed by atoms with E-state index in [9.17, 15) is 4.39 Å². The van der Waals surface area contributed by atoms with Crippen molar-refractivity contribution in [1.29, 1.82) is 0 Å². The Kier molecular flexibility index (Phi) is 4.14. The molecule has 0 N–H and O–H groups in total. The Morgan fingerprint density at radius 2 is 1.67 bits per heavy atom. The summed E-state index contributed by atoms with van der Waals surface area (Å²) in [5, 5.41) is 0. The molecule has 1 nitrogen and oxygen atoms in total. The normalized spacial score (nSPS) is 11.2. The molecule has 0 amide bonds. The molecule has 0 aliphatic carbocycles. The Bertz CT molecular complexity index is 328. The minimum atomic E-state index is -0.209. The fraction of sp³-hybridized carbons (Fsp3) is 0.500. The van der Waals surface area contributed by atoms with Gasteiger partial charge in [0.25, 0.3) is 0 Å². The number of anilines is 1. The number of hydrogen-bond acceptors (Lipinski definition) is 1. The van der Waals surface area contributed by atoms with Crippen LogP contribution in [0.4, 0.5) is 10.1 Å². The second kappa shape index (κ2) is 4.97. The number of rotatable bonds is 3. The summed E-state index contributed by atoms with van der Waals surface area (Å²) in [6.07, 6.45) is 0. The molecule has 0 saturated heterocycles. The maximum atomic E-state index is 13.4. The second-order valence-electron chi connectivity index (χ2n) is 4.19. The third kappa shape index (κ3) is 2.94. The number of hydrogen-bond donors (Lipinski definition) is 0. The molecule has 0 radical (unpaired) electrons. The maximum absolute atomic E-state index is 13.4. The highest BCUT2D eigenvalue weighted by Gasteiger charge is 2.15. The topological polar surface area (TPSA) is 3.24 Å². The Hall–Kier alpha value is -0.570. The highest BCUT2D eigenvalue weighted by Crippen LogP contribution is 2.25. The van der Waals surface area contributed by atoms with Crippen molar-refractivity contribution < 1.29 is 4.39 Å². The van der Waals surface area contributed by atoms with E-state index in [0.717, 1.165) is 5.69 Å². The molecule has 15 heavy (non-hydrogen) atoms. The highest BCUT2D eigenvalue weighted by molar-refractivity contribution is 9.10. The predicted molar refractivity (Wildman–Crippen MR) is 66.9 cm³/mol. The minimum absolute atomic E-state index is 0.209. The minimum Gasteiger partial charge on any atom is -0.367 e.